The van der Waals surface area contributed by atoms with E-state index in [0.29, 0.717) is 11.5 Å². The second kappa shape index (κ2) is 3.92. The number of hydrogen-bond donors (Lipinski definition) is 0. The molecule has 0 aliphatic carbocycles. The number of hydrogen-bond acceptors (Lipinski definition) is 0. The Balaban J connectivity index is 2.89. The Labute approximate surface area is 80.6 Å². The van der Waals surface area contributed by atoms with E-state index >= 15 is 0 Å². The molecule has 0 N–H and O–H groups in total. The van der Waals surface area contributed by atoms with Gasteiger partial charge in [0.2, 0.25) is 0 Å². The average Bonchev–Trinajstić information content (AvgIpc) is 1.96. The third-order valence-electron chi connectivity index (χ3n) is 1.38. The van der Waals surface area contributed by atoms with Gasteiger partial charge in [0.1, 0.15) is 5.82 Å². The van der Waals surface area contributed by atoms with Crippen LogP contribution in [0.4, 0.5) is 4.39 Å². The summed E-state index contributed by atoms with van der Waals surface area (Å²) in [6.45, 7) is 3.53. The van der Waals surface area contributed by atoms with Gasteiger partial charge in [0, 0.05) is 11.5 Å². The minimum Gasteiger partial charge on any atom is -0.205 e. The molecular formula is C9H7Cl2F. The van der Waals surface area contributed by atoms with Gasteiger partial charge in [-0.2, -0.15) is 0 Å². The van der Waals surface area contributed by atoms with Crippen molar-refractivity contribution in [3.8, 4) is 0 Å². The van der Waals surface area contributed by atoms with Gasteiger partial charge in [-0.05, 0) is 17.7 Å². The van der Waals surface area contributed by atoms with Crippen LogP contribution in [0.2, 0.25) is 5.02 Å². The lowest BCUT2D eigenvalue weighted by Gasteiger charge is -1.99. The molecule has 0 aliphatic heterocycles. The Hall–Kier alpha value is -0.530. The molecular weight excluding hydrogens is 198 g/mol. The van der Waals surface area contributed by atoms with Crippen molar-refractivity contribution in [2.45, 2.75) is 6.42 Å². The monoisotopic (exact) mass is 204 g/mol. The SMILES string of the molecule is C=C(Cl)Cc1ccc(F)c(Cl)c1. The molecule has 0 nitrogen and oxygen atoms in total. The summed E-state index contributed by atoms with van der Waals surface area (Å²) < 4.78 is 12.6. The molecule has 0 bridgehead atoms. The van der Waals surface area contributed by atoms with Crippen molar-refractivity contribution in [3.63, 3.8) is 0 Å². The minimum absolute atomic E-state index is 0.116. The van der Waals surface area contributed by atoms with Crippen molar-refractivity contribution < 1.29 is 4.39 Å². The maximum absolute atomic E-state index is 12.6. The molecule has 0 fully saturated rings. The average molecular weight is 205 g/mol. The lowest BCUT2D eigenvalue weighted by Crippen LogP contribution is -1.85. The van der Waals surface area contributed by atoms with E-state index in [9.17, 15) is 4.39 Å². The van der Waals surface area contributed by atoms with Crippen LogP contribution >= 0.6 is 23.2 Å². The van der Waals surface area contributed by atoms with E-state index in [1.165, 1.54) is 6.07 Å². The summed E-state index contributed by atoms with van der Waals surface area (Å²) in [4.78, 5) is 0. The highest BCUT2D eigenvalue weighted by Gasteiger charge is 2.00. The first-order chi connectivity index (χ1) is 5.59. The van der Waals surface area contributed by atoms with E-state index in [1.807, 2.05) is 0 Å². The number of benzene rings is 1. The molecule has 0 atom stereocenters. The Kier molecular flexibility index (Phi) is 3.12. The van der Waals surface area contributed by atoms with Crippen LogP contribution in [0.5, 0.6) is 0 Å². The largest absolute Gasteiger partial charge is 0.205 e. The molecule has 0 unspecified atom stereocenters. The highest BCUT2D eigenvalue weighted by atomic mass is 35.5. The second-order valence-electron chi connectivity index (χ2n) is 2.44. The first-order valence-electron chi connectivity index (χ1n) is 3.37. The first-order valence-corrected chi connectivity index (χ1v) is 4.12. The van der Waals surface area contributed by atoms with Crippen LogP contribution < -0.4 is 0 Å². The summed E-state index contributed by atoms with van der Waals surface area (Å²) in [7, 11) is 0. The van der Waals surface area contributed by atoms with Crippen LogP contribution in [0.3, 0.4) is 0 Å². The zero-order valence-corrected chi connectivity index (χ0v) is 7.79. The van der Waals surface area contributed by atoms with Gasteiger partial charge in [-0.15, -0.1) is 0 Å². The molecule has 0 spiro atoms. The van der Waals surface area contributed by atoms with Gasteiger partial charge in [-0.25, -0.2) is 4.39 Å². The Bertz CT molecular complexity index is 307. The molecule has 0 aromatic heterocycles. The van der Waals surface area contributed by atoms with Crippen molar-refractivity contribution in [2.24, 2.45) is 0 Å². The Morgan fingerprint density at radius 1 is 1.50 bits per heavy atom. The third kappa shape index (κ3) is 2.50. The van der Waals surface area contributed by atoms with E-state index in [-0.39, 0.29) is 5.02 Å². The Morgan fingerprint density at radius 2 is 2.17 bits per heavy atom. The molecule has 0 saturated heterocycles. The van der Waals surface area contributed by atoms with E-state index < -0.39 is 5.82 Å². The van der Waals surface area contributed by atoms with E-state index in [2.05, 4.69) is 6.58 Å². The smallest absolute Gasteiger partial charge is 0.141 e. The predicted molar refractivity (Wildman–Crippen MR) is 50.1 cm³/mol. The van der Waals surface area contributed by atoms with Gasteiger partial charge in [-0.3, -0.25) is 0 Å². The topological polar surface area (TPSA) is 0 Å². The molecule has 1 rings (SSSR count). The van der Waals surface area contributed by atoms with Gasteiger partial charge in [0.15, 0.2) is 0 Å². The highest BCUT2D eigenvalue weighted by molar-refractivity contribution is 6.31. The summed E-state index contributed by atoms with van der Waals surface area (Å²) in [5.74, 6) is -0.416. The van der Waals surface area contributed by atoms with Crippen molar-refractivity contribution in [1.29, 1.82) is 0 Å². The van der Waals surface area contributed by atoms with Gasteiger partial charge < -0.3 is 0 Å². The molecule has 0 saturated carbocycles. The van der Waals surface area contributed by atoms with E-state index in [4.69, 9.17) is 23.2 Å². The minimum atomic E-state index is -0.416. The standard InChI is InChI=1S/C9H7Cl2F/c1-6(10)4-7-2-3-9(12)8(11)5-7/h2-3,5H,1,4H2. The second-order valence-corrected chi connectivity index (χ2v) is 3.38. The van der Waals surface area contributed by atoms with E-state index in [1.54, 1.807) is 12.1 Å². The fraction of sp³-hybridized carbons (Fsp3) is 0.111. The van der Waals surface area contributed by atoms with Crippen molar-refractivity contribution in [3.05, 3.63) is 46.2 Å². The summed E-state index contributed by atoms with van der Waals surface area (Å²) in [6, 6.07) is 4.50. The van der Waals surface area contributed by atoms with E-state index in [0.717, 1.165) is 5.56 Å². The normalized spacial score (nSPS) is 9.92. The molecule has 0 heterocycles. The molecule has 12 heavy (non-hydrogen) atoms. The lowest BCUT2D eigenvalue weighted by molar-refractivity contribution is 0.627. The van der Waals surface area contributed by atoms with Gasteiger partial charge in [-0.1, -0.05) is 35.8 Å². The lowest BCUT2D eigenvalue weighted by atomic mass is 10.1. The fourth-order valence-corrected chi connectivity index (χ4v) is 1.23. The summed E-state index contributed by atoms with van der Waals surface area (Å²) in [6.07, 6.45) is 0.515. The zero-order chi connectivity index (χ0) is 9.14. The van der Waals surface area contributed by atoms with Crippen LogP contribution in [-0.4, -0.2) is 0 Å². The van der Waals surface area contributed by atoms with Gasteiger partial charge in [0.05, 0.1) is 5.02 Å². The molecule has 64 valence electrons. The van der Waals surface area contributed by atoms with Crippen LogP contribution in [-0.2, 0) is 6.42 Å². The fourth-order valence-electron chi connectivity index (χ4n) is 0.871. The maximum atomic E-state index is 12.6. The molecule has 0 aliphatic rings. The summed E-state index contributed by atoms with van der Waals surface area (Å²) in [5.41, 5.74) is 0.862. The number of halogens is 3. The van der Waals surface area contributed by atoms with Crippen molar-refractivity contribution in [2.75, 3.05) is 0 Å². The quantitative estimate of drug-likeness (QED) is 0.689. The molecule has 3 heteroatoms. The third-order valence-corrected chi connectivity index (χ3v) is 1.80. The van der Waals surface area contributed by atoms with Crippen LogP contribution in [0.15, 0.2) is 29.8 Å². The zero-order valence-electron chi connectivity index (χ0n) is 6.28. The molecule has 1 aromatic carbocycles. The number of rotatable bonds is 2. The highest BCUT2D eigenvalue weighted by Crippen LogP contribution is 2.18. The maximum Gasteiger partial charge on any atom is 0.141 e. The summed E-state index contributed by atoms with van der Waals surface area (Å²) >= 11 is 11.1. The van der Waals surface area contributed by atoms with Crippen molar-refractivity contribution >= 4 is 23.2 Å². The van der Waals surface area contributed by atoms with Crippen LogP contribution in [0, 0.1) is 5.82 Å². The summed E-state index contributed by atoms with van der Waals surface area (Å²) in [5, 5.41) is 0.628. The molecule has 1 aromatic rings. The van der Waals surface area contributed by atoms with Crippen LogP contribution in [0.25, 0.3) is 0 Å². The van der Waals surface area contributed by atoms with Gasteiger partial charge in [0.25, 0.3) is 0 Å². The predicted octanol–water partition coefficient (Wildman–Crippen LogP) is 3.77. The van der Waals surface area contributed by atoms with Crippen LogP contribution in [0.1, 0.15) is 5.56 Å². The molecule has 0 radical (unpaired) electrons. The number of allylic oxidation sites excluding steroid dienone is 1. The first kappa shape index (κ1) is 9.56. The van der Waals surface area contributed by atoms with Crippen molar-refractivity contribution in [1.82, 2.24) is 0 Å². The van der Waals surface area contributed by atoms with Gasteiger partial charge >= 0.3 is 0 Å². The Morgan fingerprint density at radius 3 is 2.67 bits per heavy atom. The molecule has 0 amide bonds.